The van der Waals surface area contributed by atoms with Crippen LogP contribution in [0.5, 0.6) is 11.5 Å². The molecule has 172 valence electrons. The minimum atomic E-state index is -0.0445. The molecule has 0 spiro atoms. The zero-order valence-electron chi connectivity index (χ0n) is 18.9. The zero-order valence-corrected chi connectivity index (χ0v) is 18.9. The van der Waals surface area contributed by atoms with Gasteiger partial charge in [-0.05, 0) is 23.6 Å². The monoisotopic (exact) mass is 455 g/mol. The summed E-state index contributed by atoms with van der Waals surface area (Å²) in [5.74, 6) is 2.50. The van der Waals surface area contributed by atoms with Crippen molar-refractivity contribution >= 4 is 39.2 Å². The Morgan fingerprint density at radius 3 is 2.65 bits per heavy atom. The van der Waals surface area contributed by atoms with E-state index in [1.54, 1.807) is 12.0 Å². The van der Waals surface area contributed by atoms with E-state index in [1.165, 1.54) is 12.4 Å². The molecule has 1 amide bonds. The Bertz CT molecular complexity index is 1370. The van der Waals surface area contributed by atoms with Gasteiger partial charge in [-0.15, -0.1) is 0 Å². The summed E-state index contributed by atoms with van der Waals surface area (Å²) >= 11 is 0. The van der Waals surface area contributed by atoms with Gasteiger partial charge in [-0.25, -0.2) is 15.0 Å². The van der Waals surface area contributed by atoms with E-state index in [4.69, 9.17) is 9.47 Å². The van der Waals surface area contributed by atoms with Crippen LogP contribution in [0.25, 0.3) is 21.7 Å². The van der Waals surface area contributed by atoms with Gasteiger partial charge in [0.2, 0.25) is 5.91 Å². The molecule has 8 heteroatoms. The van der Waals surface area contributed by atoms with E-state index in [0.717, 1.165) is 34.5 Å². The van der Waals surface area contributed by atoms with Crippen molar-refractivity contribution in [2.75, 3.05) is 25.5 Å². The molecule has 5 rings (SSSR count). The van der Waals surface area contributed by atoms with E-state index >= 15 is 0 Å². The van der Waals surface area contributed by atoms with Crippen LogP contribution in [0.4, 0.5) is 11.6 Å². The molecule has 1 N–H and O–H groups in total. The molecule has 0 unspecified atom stereocenters. The Morgan fingerprint density at radius 1 is 1.09 bits per heavy atom. The van der Waals surface area contributed by atoms with Crippen molar-refractivity contribution in [3.63, 3.8) is 0 Å². The molecule has 2 aromatic carbocycles. The van der Waals surface area contributed by atoms with Crippen molar-refractivity contribution in [1.29, 1.82) is 0 Å². The average molecular weight is 456 g/mol. The van der Waals surface area contributed by atoms with E-state index in [1.807, 2.05) is 48.7 Å². The topological polar surface area (TPSA) is 89.5 Å². The number of methoxy groups -OCH3 is 1. The number of nitrogens with zero attached hydrogens (tertiary/aromatic N) is 4. The highest BCUT2D eigenvalue weighted by Crippen LogP contribution is 2.36. The number of amides is 1. The third kappa shape index (κ3) is 4.34. The fourth-order valence-corrected chi connectivity index (χ4v) is 4.19. The van der Waals surface area contributed by atoms with Crippen molar-refractivity contribution in [1.82, 2.24) is 19.9 Å². The summed E-state index contributed by atoms with van der Waals surface area (Å²) in [6.07, 6.45) is 6.14. The number of hydrogen-bond acceptors (Lipinski definition) is 7. The molecule has 8 nitrogen and oxygen atoms in total. The molecule has 1 aliphatic rings. The van der Waals surface area contributed by atoms with Crippen molar-refractivity contribution in [2.24, 2.45) is 0 Å². The number of ether oxygens (including phenoxy) is 2. The second kappa shape index (κ2) is 9.35. The summed E-state index contributed by atoms with van der Waals surface area (Å²) in [4.78, 5) is 27.0. The molecule has 0 atom stereocenters. The Labute approximate surface area is 197 Å². The van der Waals surface area contributed by atoms with Crippen LogP contribution in [0.1, 0.15) is 12.8 Å². The standard InChI is InChI=1S/C26H25N5O3/c1-3-25(32)31-10-8-19(9-11-31)34-23-13-20-21(14-22(23)33-2)28-16-29-26(20)30-24-12-17-6-4-5-7-18(17)15-27-24/h3-7,12-16,19H,1,8-11H2,2H3,(H,27,28,29,30). The van der Waals surface area contributed by atoms with Crippen molar-refractivity contribution < 1.29 is 14.3 Å². The Hall–Kier alpha value is -4.20. The quantitative estimate of drug-likeness (QED) is 0.429. The SMILES string of the molecule is C=CC(=O)N1CCC(Oc2cc3c(Nc4cc5ccccc5cn4)ncnc3cc2OC)CC1. The number of hydrogen-bond donors (Lipinski definition) is 1. The second-order valence-corrected chi connectivity index (χ2v) is 8.13. The molecule has 0 saturated carbocycles. The van der Waals surface area contributed by atoms with E-state index in [2.05, 4.69) is 26.8 Å². The van der Waals surface area contributed by atoms with Crippen LogP contribution < -0.4 is 14.8 Å². The van der Waals surface area contributed by atoms with Crippen LogP contribution in [0.2, 0.25) is 0 Å². The van der Waals surface area contributed by atoms with Gasteiger partial charge in [0.1, 0.15) is 24.1 Å². The molecule has 2 aromatic heterocycles. The van der Waals surface area contributed by atoms with Crippen LogP contribution in [-0.2, 0) is 4.79 Å². The molecule has 0 aliphatic carbocycles. The summed E-state index contributed by atoms with van der Waals surface area (Å²) < 4.78 is 11.9. The highest BCUT2D eigenvalue weighted by Gasteiger charge is 2.24. The third-order valence-corrected chi connectivity index (χ3v) is 6.02. The maximum absolute atomic E-state index is 11.9. The highest BCUT2D eigenvalue weighted by molar-refractivity contribution is 5.93. The molecule has 0 bridgehead atoms. The van der Waals surface area contributed by atoms with Crippen LogP contribution in [0.15, 0.2) is 67.6 Å². The summed E-state index contributed by atoms with van der Waals surface area (Å²) in [5.41, 5.74) is 0.730. The number of carbonyl (C=O) groups excluding carboxylic acids is 1. The van der Waals surface area contributed by atoms with Crippen LogP contribution >= 0.6 is 0 Å². The molecular formula is C26H25N5O3. The summed E-state index contributed by atoms with van der Waals surface area (Å²) in [6.45, 7) is 4.83. The van der Waals surface area contributed by atoms with Gasteiger partial charge in [-0.1, -0.05) is 30.8 Å². The van der Waals surface area contributed by atoms with Gasteiger partial charge in [-0.3, -0.25) is 4.79 Å². The number of pyridine rings is 1. The largest absolute Gasteiger partial charge is 0.493 e. The molecule has 0 radical (unpaired) electrons. The predicted molar refractivity (Wildman–Crippen MR) is 132 cm³/mol. The molecule has 4 aromatic rings. The van der Waals surface area contributed by atoms with Crippen LogP contribution in [0, 0.1) is 0 Å². The number of rotatable bonds is 6. The van der Waals surface area contributed by atoms with Gasteiger partial charge in [0.15, 0.2) is 11.5 Å². The molecule has 34 heavy (non-hydrogen) atoms. The third-order valence-electron chi connectivity index (χ3n) is 6.02. The highest BCUT2D eigenvalue weighted by atomic mass is 16.5. The van der Waals surface area contributed by atoms with Gasteiger partial charge < -0.3 is 19.7 Å². The smallest absolute Gasteiger partial charge is 0.245 e. The number of fused-ring (bicyclic) bond motifs is 2. The maximum Gasteiger partial charge on any atom is 0.245 e. The van der Waals surface area contributed by atoms with Gasteiger partial charge in [0.25, 0.3) is 0 Å². The van der Waals surface area contributed by atoms with E-state index in [9.17, 15) is 4.79 Å². The number of benzene rings is 2. The van der Waals surface area contributed by atoms with Crippen LogP contribution in [0.3, 0.4) is 0 Å². The minimum Gasteiger partial charge on any atom is -0.493 e. The van der Waals surface area contributed by atoms with Crippen molar-refractivity contribution in [3.05, 3.63) is 67.6 Å². The lowest BCUT2D eigenvalue weighted by Crippen LogP contribution is -2.41. The number of piperidine rings is 1. The average Bonchev–Trinajstić information content (AvgIpc) is 2.88. The Morgan fingerprint density at radius 2 is 1.88 bits per heavy atom. The summed E-state index contributed by atoms with van der Waals surface area (Å²) in [5, 5.41) is 6.28. The summed E-state index contributed by atoms with van der Waals surface area (Å²) in [7, 11) is 1.61. The lowest BCUT2D eigenvalue weighted by Gasteiger charge is -2.31. The molecule has 1 aliphatic heterocycles. The zero-order chi connectivity index (χ0) is 23.5. The lowest BCUT2D eigenvalue weighted by molar-refractivity contribution is -0.127. The number of nitrogens with one attached hydrogen (secondary N) is 1. The van der Waals surface area contributed by atoms with E-state index < -0.39 is 0 Å². The predicted octanol–water partition coefficient (Wildman–Crippen LogP) is 4.49. The van der Waals surface area contributed by atoms with Gasteiger partial charge in [0, 0.05) is 49.0 Å². The minimum absolute atomic E-state index is 0.0246. The molecule has 3 heterocycles. The van der Waals surface area contributed by atoms with Crippen molar-refractivity contribution in [3.8, 4) is 11.5 Å². The second-order valence-electron chi connectivity index (χ2n) is 8.13. The van der Waals surface area contributed by atoms with Crippen molar-refractivity contribution in [2.45, 2.75) is 18.9 Å². The number of anilines is 2. The summed E-state index contributed by atoms with van der Waals surface area (Å²) in [6, 6.07) is 13.8. The Balaban J connectivity index is 1.42. The van der Waals surface area contributed by atoms with Gasteiger partial charge >= 0.3 is 0 Å². The molecule has 1 fully saturated rings. The molecular weight excluding hydrogens is 430 g/mol. The first kappa shape index (κ1) is 21.6. The Kier molecular flexibility index (Phi) is 5.95. The first-order chi connectivity index (χ1) is 16.6. The van der Waals surface area contributed by atoms with Gasteiger partial charge in [-0.2, -0.15) is 0 Å². The van der Waals surface area contributed by atoms with E-state index in [0.29, 0.717) is 36.2 Å². The fraction of sp³-hybridized carbons (Fsp3) is 0.231. The number of aromatic nitrogens is 3. The van der Waals surface area contributed by atoms with Gasteiger partial charge in [0.05, 0.1) is 12.6 Å². The maximum atomic E-state index is 11.9. The first-order valence-corrected chi connectivity index (χ1v) is 11.2. The van der Waals surface area contributed by atoms with E-state index in [-0.39, 0.29) is 12.0 Å². The number of likely N-dealkylation sites (tertiary alicyclic amines) is 1. The molecule has 1 saturated heterocycles. The lowest BCUT2D eigenvalue weighted by atomic mass is 10.1. The first-order valence-electron chi connectivity index (χ1n) is 11.2. The fourth-order valence-electron chi connectivity index (χ4n) is 4.19. The van der Waals surface area contributed by atoms with Crippen LogP contribution in [-0.4, -0.2) is 52.1 Å². The normalized spacial score (nSPS) is 14.2. The number of carbonyl (C=O) groups is 1.